The third-order valence-corrected chi connectivity index (χ3v) is 2.34. The molecule has 0 aromatic rings. The molecule has 0 aromatic heterocycles. The van der Waals surface area contributed by atoms with E-state index in [0.29, 0.717) is 6.54 Å². The van der Waals surface area contributed by atoms with Crippen molar-refractivity contribution in [1.29, 1.82) is 5.26 Å². The van der Waals surface area contributed by atoms with Gasteiger partial charge in [0, 0.05) is 6.54 Å². The van der Waals surface area contributed by atoms with E-state index in [1.54, 1.807) is 13.8 Å². The number of nitrogens with zero attached hydrogens (tertiary/aromatic N) is 1. The van der Waals surface area contributed by atoms with Crippen molar-refractivity contribution in [2.45, 2.75) is 47.0 Å². The number of rotatable bonds is 6. The molecule has 0 fully saturated rings. The minimum absolute atomic E-state index is 0.172. The molecular weight excluding hydrogens is 188 g/mol. The van der Waals surface area contributed by atoms with Crippen LogP contribution in [0.15, 0.2) is 0 Å². The van der Waals surface area contributed by atoms with Crippen molar-refractivity contribution in [2.24, 2.45) is 11.3 Å². The summed E-state index contributed by atoms with van der Waals surface area (Å²) in [7, 11) is 0. The molecule has 86 valence electrons. The summed E-state index contributed by atoms with van der Waals surface area (Å²) in [6.07, 6.45) is 3.31. The maximum atomic E-state index is 11.5. The number of hydrogen-bond donors (Lipinski definition) is 1. The molecular formula is C12H22N2O. The summed E-state index contributed by atoms with van der Waals surface area (Å²) in [5.41, 5.74) is -0.905. The Morgan fingerprint density at radius 2 is 2.00 bits per heavy atom. The van der Waals surface area contributed by atoms with Crippen molar-refractivity contribution >= 4 is 5.91 Å². The number of hydrogen-bond acceptors (Lipinski definition) is 2. The van der Waals surface area contributed by atoms with Gasteiger partial charge in [0.1, 0.15) is 5.41 Å². The van der Waals surface area contributed by atoms with Crippen molar-refractivity contribution in [3.63, 3.8) is 0 Å². The van der Waals surface area contributed by atoms with Crippen LogP contribution in [0.1, 0.15) is 47.0 Å². The maximum absolute atomic E-state index is 11.5. The largest absolute Gasteiger partial charge is 0.355 e. The van der Waals surface area contributed by atoms with Gasteiger partial charge < -0.3 is 5.32 Å². The van der Waals surface area contributed by atoms with Gasteiger partial charge in [0.25, 0.3) is 0 Å². The average molecular weight is 210 g/mol. The van der Waals surface area contributed by atoms with Crippen molar-refractivity contribution < 1.29 is 4.79 Å². The molecule has 0 aliphatic rings. The summed E-state index contributed by atoms with van der Waals surface area (Å²) in [6, 6.07) is 1.99. The summed E-state index contributed by atoms with van der Waals surface area (Å²) in [4.78, 5) is 11.5. The van der Waals surface area contributed by atoms with Crippen LogP contribution in [0.2, 0.25) is 0 Å². The molecule has 3 nitrogen and oxygen atoms in total. The van der Waals surface area contributed by atoms with Gasteiger partial charge in [-0.15, -0.1) is 0 Å². The zero-order valence-electron chi connectivity index (χ0n) is 10.3. The summed E-state index contributed by atoms with van der Waals surface area (Å²) in [5, 5.41) is 11.5. The van der Waals surface area contributed by atoms with Crippen LogP contribution in [-0.4, -0.2) is 12.5 Å². The molecule has 15 heavy (non-hydrogen) atoms. The van der Waals surface area contributed by atoms with E-state index in [4.69, 9.17) is 5.26 Å². The molecule has 1 N–H and O–H groups in total. The molecule has 0 radical (unpaired) electrons. The van der Waals surface area contributed by atoms with Gasteiger partial charge in [-0.25, -0.2) is 0 Å². The topological polar surface area (TPSA) is 52.9 Å². The number of amides is 1. The lowest BCUT2D eigenvalue weighted by atomic mass is 9.95. The van der Waals surface area contributed by atoms with E-state index in [1.165, 1.54) is 6.42 Å². The van der Waals surface area contributed by atoms with Gasteiger partial charge in [0.05, 0.1) is 6.07 Å². The first-order valence-electron chi connectivity index (χ1n) is 5.59. The van der Waals surface area contributed by atoms with E-state index < -0.39 is 5.41 Å². The second kappa shape index (κ2) is 6.44. The zero-order valence-corrected chi connectivity index (χ0v) is 10.3. The predicted octanol–water partition coefficient (Wildman–Crippen LogP) is 2.48. The molecule has 0 saturated heterocycles. The fourth-order valence-corrected chi connectivity index (χ4v) is 1.15. The van der Waals surface area contributed by atoms with E-state index in [0.717, 1.165) is 18.8 Å². The third kappa shape index (κ3) is 6.11. The second-order valence-corrected chi connectivity index (χ2v) is 4.88. The lowest BCUT2D eigenvalue weighted by molar-refractivity contribution is -0.126. The van der Waals surface area contributed by atoms with Gasteiger partial charge in [-0.3, -0.25) is 4.79 Å². The van der Waals surface area contributed by atoms with Gasteiger partial charge in [0.15, 0.2) is 0 Å². The molecule has 1 amide bonds. The number of nitriles is 1. The third-order valence-electron chi connectivity index (χ3n) is 2.34. The number of carbonyl (C=O) groups is 1. The van der Waals surface area contributed by atoms with Gasteiger partial charge in [-0.2, -0.15) is 5.26 Å². The first-order chi connectivity index (χ1) is 6.90. The molecule has 0 bridgehead atoms. The molecule has 0 saturated carbocycles. The number of unbranched alkanes of at least 4 members (excludes halogenated alkanes) is 1. The van der Waals surface area contributed by atoms with E-state index in [1.807, 2.05) is 6.07 Å². The molecule has 0 atom stereocenters. The van der Waals surface area contributed by atoms with Gasteiger partial charge in [-0.1, -0.05) is 26.7 Å². The van der Waals surface area contributed by atoms with Crippen LogP contribution in [0.3, 0.4) is 0 Å². The first-order valence-corrected chi connectivity index (χ1v) is 5.59. The lowest BCUT2D eigenvalue weighted by Crippen LogP contribution is -2.36. The standard InChI is InChI=1S/C12H22N2O/c1-10(2)7-5-6-8-14-11(15)12(3,4)9-13/h10H,5-8H2,1-4H3,(H,14,15). The predicted molar refractivity (Wildman–Crippen MR) is 61.1 cm³/mol. The smallest absolute Gasteiger partial charge is 0.239 e. The van der Waals surface area contributed by atoms with Crippen molar-refractivity contribution in [3.8, 4) is 6.07 Å². The molecule has 0 rings (SSSR count). The fraction of sp³-hybridized carbons (Fsp3) is 0.833. The molecule has 0 spiro atoms. The summed E-state index contributed by atoms with van der Waals surface area (Å²) >= 11 is 0. The van der Waals surface area contributed by atoms with E-state index in [-0.39, 0.29) is 5.91 Å². The molecule has 3 heteroatoms. The molecule has 0 aliphatic heterocycles. The van der Waals surface area contributed by atoms with Crippen molar-refractivity contribution in [1.82, 2.24) is 5.32 Å². The van der Waals surface area contributed by atoms with Crippen LogP contribution in [0, 0.1) is 22.7 Å². The van der Waals surface area contributed by atoms with Crippen LogP contribution < -0.4 is 5.32 Å². The van der Waals surface area contributed by atoms with Crippen molar-refractivity contribution in [3.05, 3.63) is 0 Å². The van der Waals surface area contributed by atoms with Crippen LogP contribution >= 0.6 is 0 Å². The summed E-state index contributed by atoms with van der Waals surface area (Å²) in [5.74, 6) is 0.547. The normalized spacial score (nSPS) is 11.2. The summed E-state index contributed by atoms with van der Waals surface area (Å²) < 4.78 is 0. The van der Waals surface area contributed by atoms with Gasteiger partial charge >= 0.3 is 0 Å². The Labute approximate surface area is 92.9 Å². The minimum Gasteiger partial charge on any atom is -0.355 e. The monoisotopic (exact) mass is 210 g/mol. The molecule has 0 unspecified atom stereocenters. The Hall–Kier alpha value is -1.04. The number of carbonyl (C=O) groups excluding carboxylic acids is 1. The van der Waals surface area contributed by atoms with Gasteiger partial charge in [0.2, 0.25) is 5.91 Å². The highest BCUT2D eigenvalue weighted by Gasteiger charge is 2.26. The summed E-state index contributed by atoms with van der Waals surface area (Å²) in [6.45, 7) is 8.33. The average Bonchev–Trinajstić information content (AvgIpc) is 2.16. The van der Waals surface area contributed by atoms with Crippen LogP contribution in [0.4, 0.5) is 0 Å². The maximum Gasteiger partial charge on any atom is 0.239 e. The fourth-order valence-electron chi connectivity index (χ4n) is 1.15. The molecule has 0 heterocycles. The van der Waals surface area contributed by atoms with E-state index in [9.17, 15) is 4.79 Å². The van der Waals surface area contributed by atoms with E-state index >= 15 is 0 Å². The van der Waals surface area contributed by atoms with Gasteiger partial charge in [-0.05, 0) is 26.2 Å². The van der Waals surface area contributed by atoms with Crippen LogP contribution in [0.5, 0.6) is 0 Å². The Morgan fingerprint density at radius 3 is 2.47 bits per heavy atom. The number of nitrogens with one attached hydrogen (secondary N) is 1. The Morgan fingerprint density at radius 1 is 1.40 bits per heavy atom. The highest BCUT2D eigenvalue weighted by Crippen LogP contribution is 2.12. The first kappa shape index (κ1) is 14.0. The lowest BCUT2D eigenvalue weighted by Gasteiger charge is -2.14. The van der Waals surface area contributed by atoms with E-state index in [2.05, 4.69) is 19.2 Å². The quantitative estimate of drug-likeness (QED) is 0.685. The molecule has 0 aliphatic carbocycles. The second-order valence-electron chi connectivity index (χ2n) is 4.88. The Balaban J connectivity index is 3.62. The van der Waals surface area contributed by atoms with Crippen LogP contribution in [0.25, 0.3) is 0 Å². The molecule has 0 aromatic carbocycles. The highest BCUT2D eigenvalue weighted by atomic mass is 16.2. The minimum atomic E-state index is -0.905. The SMILES string of the molecule is CC(C)CCCCNC(=O)C(C)(C)C#N. The van der Waals surface area contributed by atoms with Crippen molar-refractivity contribution in [2.75, 3.05) is 6.54 Å². The Bertz CT molecular complexity index is 238. The zero-order chi connectivity index (χ0) is 11.9. The van der Waals surface area contributed by atoms with Crippen LogP contribution in [-0.2, 0) is 4.79 Å². The highest BCUT2D eigenvalue weighted by molar-refractivity contribution is 5.84. The Kier molecular flexibility index (Phi) is 6.00.